The molecule has 7 heteroatoms. The molecular weight excluding hydrogens is 442 g/mol. The zero-order valence-electron chi connectivity index (χ0n) is 22.6. The fraction of sp³-hybridized carbons (Fsp3) is 0.679. The third-order valence-corrected chi connectivity index (χ3v) is 6.19. The molecule has 0 bridgehead atoms. The van der Waals surface area contributed by atoms with E-state index in [4.69, 9.17) is 4.74 Å². The Morgan fingerprint density at radius 2 is 1.77 bits per heavy atom. The van der Waals surface area contributed by atoms with Crippen molar-refractivity contribution in [3.63, 3.8) is 0 Å². The van der Waals surface area contributed by atoms with Crippen molar-refractivity contribution in [2.45, 2.75) is 111 Å². The van der Waals surface area contributed by atoms with E-state index in [2.05, 4.69) is 10.6 Å². The maximum atomic E-state index is 13.9. The van der Waals surface area contributed by atoms with Crippen LogP contribution in [0.5, 0.6) is 0 Å². The van der Waals surface area contributed by atoms with Gasteiger partial charge in [-0.05, 0) is 65.4 Å². The number of alkyl carbamates (subject to hydrolysis) is 1. The van der Waals surface area contributed by atoms with E-state index < -0.39 is 23.8 Å². The van der Waals surface area contributed by atoms with Crippen LogP contribution in [0.4, 0.5) is 4.79 Å². The Hall–Kier alpha value is -2.57. The van der Waals surface area contributed by atoms with Crippen LogP contribution in [-0.4, -0.2) is 47.0 Å². The second-order valence-electron chi connectivity index (χ2n) is 11.1. The third kappa shape index (κ3) is 9.19. The largest absolute Gasteiger partial charge is 0.444 e. The van der Waals surface area contributed by atoms with Gasteiger partial charge in [0.05, 0.1) is 0 Å². The molecule has 1 aliphatic carbocycles. The Morgan fingerprint density at radius 3 is 2.31 bits per heavy atom. The Labute approximate surface area is 211 Å². The lowest BCUT2D eigenvalue weighted by Gasteiger charge is -2.35. The van der Waals surface area contributed by atoms with Crippen LogP contribution < -0.4 is 10.6 Å². The molecule has 1 aliphatic rings. The van der Waals surface area contributed by atoms with Gasteiger partial charge in [-0.2, -0.15) is 0 Å². The zero-order chi connectivity index (χ0) is 26.2. The van der Waals surface area contributed by atoms with Crippen LogP contribution in [0.3, 0.4) is 0 Å². The van der Waals surface area contributed by atoms with Gasteiger partial charge >= 0.3 is 6.09 Å². The summed E-state index contributed by atoms with van der Waals surface area (Å²) >= 11 is 0. The maximum Gasteiger partial charge on any atom is 0.408 e. The molecule has 2 N–H and O–H groups in total. The van der Waals surface area contributed by atoms with Gasteiger partial charge in [0.15, 0.2) is 0 Å². The first-order valence-electron chi connectivity index (χ1n) is 13.1. The van der Waals surface area contributed by atoms with Gasteiger partial charge in [0.1, 0.15) is 17.7 Å². The summed E-state index contributed by atoms with van der Waals surface area (Å²) in [7, 11) is 0. The van der Waals surface area contributed by atoms with E-state index in [9.17, 15) is 14.4 Å². The van der Waals surface area contributed by atoms with Crippen molar-refractivity contribution in [2.75, 3.05) is 6.54 Å². The Kier molecular flexibility index (Phi) is 10.6. The Bertz CT molecular complexity index is 856. The lowest BCUT2D eigenvalue weighted by molar-refractivity contribution is -0.142. The molecule has 2 atom stereocenters. The lowest BCUT2D eigenvalue weighted by atomic mass is 9.94. The van der Waals surface area contributed by atoms with Crippen LogP contribution in [0.2, 0.25) is 0 Å². The minimum absolute atomic E-state index is 0.128. The van der Waals surface area contributed by atoms with E-state index in [1.54, 1.807) is 25.7 Å². The predicted molar refractivity (Wildman–Crippen MR) is 139 cm³/mol. The summed E-state index contributed by atoms with van der Waals surface area (Å²) < 4.78 is 5.42. The van der Waals surface area contributed by atoms with Crippen LogP contribution in [0.25, 0.3) is 0 Å². The number of nitrogens with one attached hydrogen (secondary N) is 2. The normalized spacial score (nSPS) is 16.3. The molecule has 1 saturated carbocycles. The molecule has 0 spiro atoms. The van der Waals surface area contributed by atoms with Gasteiger partial charge < -0.3 is 20.3 Å². The van der Waals surface area contributed by atoms with Crippen LogP contribution in [0.1, 0.15) is 97.2 Å². The second kappa shape index (κ2) is 12.9. The van der Waals surface area contributed by atoms with Crippen LogP contribution in [0, 0.1) is 12.8 Å². The quantitative estimate of drug-likeness (QED) is 0.496. The predicted octanol–water partition coefficient (Wildman–Crippen LogP) is 5.27. The molecule has 0 saturated heterocycles. The van der Waals surface area contributed by atoms with Crippen molar-refractivity contribution in [1.82, 2.24) is 15.5 Å². The summed E-state index contributed by atoms with van der Waals surface area (Å²) in [5.74, 6) is -0.290. The monoisotopic (exact) mass is 487 g/mol. The summed E-state index contributed by atoms with van der Waals surface area (Å²) in [4.78, 5) is 41.7. The van der Waals surface area contributed by atoms with Gasteiger partial charge in [-0.1, -0.05) is 62.9 Å². The van der Waals surface area contributed by atoms with Gasteiger partial charge in [0.2, 0.25) is 11.8 Å². The van der Waals surface area contributed by atoms with Gasteiger partial charge in [-0.25, -0.2) is 4.79 Å². The molecule has 1 fully saturated rings. The molecule has 1 aromatic rings. The zero-order valence-corrected chi connectivity index (χ0v) is 22.6. The number of nitrogens with zero attached hydrogens (tertiary/aromatic N) is 1. The van der Waals surface area contributed by atoms with Gasteiger partial charge in [0, 0.05) is 12.6 Å². The topological polar surface area (TPSA) is 87.7 Å². The highest BCUT2D eigenvalue weighted by Crippen LogP contribution is 2.26. The van der Waals surface area contributed by atoms with Gasteiger partial charge in [-0.3, -0.25) is 9.59 Å². The number of amides is 3. The number of rotatable bonds is 9. The molecular formula is C28H45N3O4. The second-order valence-corrected chi connectivity index (χ2v) is 11.1. The van der Waals surface area contributed by atoms with E-state index in [-0.39, 0.29) is 23.8 Å². The molecule has 1 aromatic carbocycles. The number of carbonyl (C=O) groups is 3. The number of likely N-dealkylation sites (N-methyl/N-ethyl adjacent to an activating group) is 1. The SMILES string of the molecule is CCN(C(=O)C(CC(C)C)NC(=O)OC(C)(C)C)C(C(=O)NC1CCCCC1)c1cccc(C)c1. The lowest BCUT2D eigenvalue weighted by Crippen LogP contribution is -2.54. The van der Waals surface area contributed by atoms with E-state index in [0.29, 0.717) is 13.0 Å². The van der Waals surface area contributed by atoms with Crippen molar-refractivity contribution in [3.05, 3.63) is 35.4 Å². The van der Waals surface area contributed by atoms with Crippen molar-refractivity contribution in [1.29, 1.82) is 0 Å². The van der Waals surface area contributed by atoms with Crippen molar-refractivity contribution >= 4 is 17.9 Å². The van der Waals surface area contributed by atoms with Crippen molar-refractivity contribution in [3.8, 4) is 0 Å². The van der Waals surface area contributed by atoms with E-state index in [0.717, 1.165) is 36.8 Å². The fourth-order valence-electron chi connectivity index (χ4n) is 4.65. The van der Waals surface area contributed by atoms with Gasteiger partial charge in [0.25, 0.3) is 0 Å². The molecule has 196 valence electrons. The molecule has 0 heterocycles. The number of benzene rings is 1. The fourth-order valence-corrected chi connectivity index (χ4v) is 4.65. The highest BCUT2D eigenvalue weighted by Gasteiger charge is 2.36. The highest BCUT2D eigenvalue weighted by atomic mass is 16.6. The van der Waals surface area contributed by atoms with E-state index >= 15 is 0 Å². The molecule has 0 radical (unpaired) electrons. The summed E-state index contributed by atoms with van der Waals surface area (Å²) in [5.41, 5.74) is 1.12. The van der Waals surface area contributed by atoms with Crippen LogP contribution in [-0.2, 0) is 14.3 Å². The molecule has 3 amide bonds. The standard InChI is InChI=1S/C28H45N3O4/c1-8-31(26(33)23(17-19(2)3)30-27(34)35-28(5,6)7)24(21-14-12-13-20(4)18-21)25(32)29-22-15-10-9-11-16-22/h12-14,18-19,22-24H,8-11,15-17H2,1-7H3,(H,29,32)(H,30,34). The minimum Gasteiger partial charge on any atom is -0.444 e. The number of carbonyl (C=O) groups excluding carboxylic acids is 3. The molecule has 35 heavy (non-hydrogen) atoms. The van der Waals surface area contributed by atoms with E-state index in [1.165, 1.54) is 6.42 Å². The molecule has 2 unspecified atom stereocenters. The maximum absolute atomic E-state index is 13.9. The molecule has 7 nitrogen and oxygen atoms in total. The number of hydrogen-bond acceptors (Lipinski definition) is 4. The molecule has 0 aliphatic heterocycles. The summed E-state index contributed by atoms with van der Waals surface area (Å²) in [6.45, 7) is 13.5. The first-order valence-corrected chi connectivity index (χ1v) is 13.1. The first-order chi connectivity index (χ1) is 16.4. The summed E-state index contributed by atoms with van der Waals surface area (Å²) in [6.07, 6.45) is 5.14. The van der Waals surface area contributed by atoms with Crippen molar-refractivity contribution < 1.29 is 19.1 Å². The third-order valence-electron chi connectivity index (χ3n) is 6.19. The van der Waals surface area contributed by atoms with Gasteiger partial charge in [-0.15, -0.1) is 0 Å². The van der Waals surface area contributed by atoms with Crippen LogP contribution in [0.15, 0.2) is 24.3 Å². The Balaban J connectivity index is 2.36. The number of hydrogen-bond donors (Lipinski definition) is 2. The highest BCUT2D eigenvalue weighted by molar-refractivity contribution is 5.92. The summed E-state index contributed by atoms with van der Waals surface area (Å²) in [6, 6.07) is 6.30. The van der Waals surface area contributed by atoms with Crippen LogP contribution >= 0.6 is 0 Å². The van der Waals surface area contributed by atoms with E-state index in [1.807, 2.05) is 52.0 Å². The smallest absolute Gasteiger partial charge is 0.408 e. The number of aryl methyl sites for hydroxylation is 1. The van der Waals surface area contributed by atoms with Crippen molar-refractivity contribution in [2.24, 2.45) is 5.92 Å². The Morgan fingerprint density at radius 1 is 1.11 bits per heavy atom. The minimum atomic E-state index is -0.792. The first kappa shape index (κ1) is 28.7. The average Bonchev–Trinajstić information content (AvgIpc) is 2.75. The molecule has 2 rings (SSSR count). The number of ether oxygens (including phenoxy) is 1. The molecule has 0 aromatic heterocycles. The average molecular weight is 488 g/mol. The summed E-state index contributed by atoms with van der Waals surface area (Å²) in [5, 5.41) is 5.99.